The molecule has 1 aromatic carbocycles. The third kappa shape index (κ3) is 3.05. The number of fused-ring (bicyclic) bond motifs is 5. The molecular formula is C21H21N5OS. The smallest absolute Gasteiger partial charge is 0.192 e. The largest absolute Gasteiger partial charge is 0.387 e. The van der Waals surface area contributed by atoms with Gasteiger partial charge in [0.25, 0.3) is 0 Å². The molecule has 5 rings (SSSR count). The summed E-state index contributed by atoms with van der Waals surface area (Å²) in [5.74, 6) is 0.616. The van der Waals surface area contributed by atoms with E-state index in [4.69, 9.17) is 9.82 Å². The number of rotatable bonds is 4. The summed E-state index contributed by atoms with van der Waals surface area (Å²) in [6, 6.07) is 8.22. The third-order valence-corrected chi connectivity index (χ3v) is 6.40. The van der Waals surface area contributed by atoms with Crippen LogP contribution < -0.4 is 0 Å². The van der Waals surface area contributed by atoms with Crippen molar-refractivity contribution in [1.29, 1.82) is 0 Å². The van der Waals surface area contributed by atoms with Crippen molar-refractivity contribution in [3.05, 3.63) is 58.0 Å². The van der Waals surface area contributed by atoms with Crippen LogP contribution >= 0.6 is 11.3 Å². The monoisotopic (exact) mass is 391 g/mol. The number of benzene rings is 1. The predicted molar refractivity (Wildman–Crippen MR) is 111 cm³/mol. The van der Waals surface area contributed by atoms with Gasteiger partial charge in [0.05, 0.1) is 11.1 Å². The molecule has 0 fully saturated rings. The van der Waals surface area contributed by atoms with Gasteiger partial charge in [-0.2, -0.15) is 0 Å². The number of hydrogen-bond acceptors (Lipinski definition) is 6. The molecule has 0 unspecified atom stereocenters. The highest BCUT2D eigenvalue weighted by atomic mass is 32.1. The standard InChI is InChI=1S/C21H21N5OS/c1-13-7-9-15(10-8-13)14(2)25-27-11-18-23-20-19-16-5-3-4-6-17(16)28-21(19)22-12-26(20)24-18/h7-10,12H,3-6,11H2,1-2H3/b25-14+. The van der Waals surface area contributed by atoms with Crippen LogP contribution in [0.2, 0.25) is 0 Å². The summed E-state index contributed by atoms with van der Waals surface area (Å²) in [5, 5.41) is 9.92. The first-order valence-electron chi connectivity index (χ1n) is 9.57. The van der Waals surface area contributed by atoms with Crippen molar-refractivity contribution in [2.24, 2.45) is 5.16 Å². The second-order valence-corrected chi connectivity index (χ2v) is 8.33. The van der Waals surface area contributed by atoms with E-state index in [1.807, 2.05) is 19.1 Å². The average Bonchev–Trinajstić information content (AvgIpc) is 3.28. The van der Waals surface area contributed by atoms with Gasteiger partial charge in [-0.25, -0.2) is 14.5 Å². The minimum Gasteiger partial charge on any atom is -0.387 e. The highest BCUT2D eigenvalue weighted by molar-refractivity contribution is 7.19. The van der Waals surface area contributed by atoms with Crippen LogP contribution in [0, 0.1) is 6.92 Å². The molecule has 0 saturated carbocycles. The zero-order valence-electron chi connectivity index (χ0n) is 16.0. The Morgan fingerprint density at radius 2 is 2.04 bits per heavy atom. The van der Waals surface area contributed by atoms with Crippen LogP contribution in [-0.2, 0) is 24.3 Å². The van der Waals surface area contributed by atoms with Crippen molar-refractivity contribution in [3.8, 4) is 0 Å². The molecule has 0 bridgehead atoms. The van der Waals surface area contributed by atoms with Crippen LogP contribution in [0.3, 0.4) is 0 Å². The van der Waals surface area contributed by atoms with Gasteiger partial charge >= 0.3 is 0 Å². The third-order valence-electron chi connectivity index (χ3n) is 5.20. The summed E-state index contributed by atoms with van der Waals surface area (Å²) in [6.45, 7) is 4.24. The summed E-state index contributed by atoms with van der Waals surface area (Å²) in [7, 11) is 0. The normalized spacial score (nSPS) is 14.6. The van der Waals surface area contributed by atoms with E-state index in [0.717, 1.165) is 34.6 Å². The Bertz CT molecular complexity index is 1190. The zero-order valence-corrected chi connectivity index (χ0v) is 16.8. The Hall–Kier alpha value is -2.80. The van der Waals surface area contributed by atoms with Crippen LogP contribution in [0.4, 0.5) is 0 Å². The molecule has 7 heteroatoms. The Balaban J connectivity index is 1.41. The molecule has 0 aliphatic heterocycles. The molecule has 0 radical (unpaired) electrons. The lowest BCUT2D eigenvalue weighted by molar-refractivity contribution is 0.125. The van der Waals surface area contributed by atoms with Crippen molar-refractivity contribution in [1.82, 2.24) is 19.6 Å². The van der Waals surface area contributed by atoms with E-state index in [9.17, 15) is 0 Å². The molecule has 142 valence electrons. The molecule has 3 heterocycles. The maximum absolute atomic E-state index is 5.53. The number of nitrogens with zero attached hydrogens (tertiary/aromatic N) is 5. The van der Waals surface area contributed by atoms with E-state index in [1.165, 1.54) is 34.2 Å². The van der Waals surface area contributed by atoms with E-state index in [2.05, 4.69) is 34.3 Å². The molecule has 0 amide bonds. The molecule has 1 aliphatic carbocycles. The minimum absolute atomic E-state index is 0.235. The first-order chi connectivity index (χ1) is 13.7. The fraction of sp³-hybridized carbons (Fsp3) is 0.333. The number of aryl methyl sites for hydroxylation is 3. The molecular weight excluding hydrogens is 370 g/mol. The zero-order chi connectivity index (χ0) is 19.1. The summed E-state index contributed by atoms with van der Waals surface area (Å²) in [6.07, 6.45) is 6.50. The van der Waals surface area contributed by atoms with E-state index < -0.39 is 0 Å². The summed E-state index contributed by atoms with van der Waals surface area (Å²) >= 11 is 1.80. The Morgan fingerprint density at radius 1 is 1.21 bits per heavy atom. The SMILES string of the molecule is C/C(=N\OCc1nc2c3c4c(sc3ncn2n1)CCCC4)c1ccc(C)cc1. The van der Waals surface area contributed by atoms with Gasteiger partial charge in [0, 0.05) is 4.88 Å². The maximum atomic E-state index is 5.53. The van der Waals surface area contributed by atoms with Crippen LogP contribution in [-0.4, -0.2) is 25.3 Å². The van der Waals surface area contributed by atoms with Crippen LogP contribution in [0.1, 0.15) is 47.2 Å². The minimum atomic E-state index is 0.235. The van der Waals surface area contributed by atoms with Gasteiger partial charge in [-0.3, -0.25) is 0 Å². The first kappa shape index (κ1) is 17.3. The number of aromatic nitrogens is 4. The van der Waals surface area contributed by atoms with E-state index in [0.29, 0.717) is 5.82 Å². The highest BCUT2D eigenvalue weighted by Crippen LogP contribution is 2.36. The molecule has 6 nitrogen and oxygen atoms in total. The fourth-order valence-corrected chi connectivity index (χ4v) is 4.92. The first-order valence-corrected chi connectivity index (χ1v) is 10.4. The molecule has 3 aromatic heterocycles. The Morgan fingerprint density at radius 3 is 2.89 bits per heavy atom. The summed E-state index contributed by atoms with van der Waals surface area (Å²) in [4.78, 5) is 17.4. The molecule has 4 aromatic rings. The quantitative estimate of drug-likeness (QED) is 0.380. The Labute approximate surface area is 166 Å². The molecule has 0 N–H and O–H groups in total. The number of hydrogen-bond donors (Lipinski definition) is 0. The van der Waals surface area contributed by atoms with E-state index in [1.54, 1.807) is 22.2 Å². The predicted octanol–water partition coefficient (Wildman–Crippen LogP) is 4.47. The second-order valence-electron chi connectivity index (χ2n) is 7.25. The van der Waals surface area contributed by atoms with E-state index in [-0.39, 0.29) is 6.61 Å². The average molecular weight is 392 g/mol. The fourth-order valence-electron chi connectivity index (χ4n) is 3.69. The molecule has 0 saturated heterocycles. The van der Waals surface area contributed by atoms with Crippen molar-refractivity contribution in [3.63, 3.8) is 0 Å². The topological polar surface area (TPSA) is 64.7 Å². The van der Waals surface area contributed by atoms with Gasteiger partial charge in [-0.15, -0.1) is 16.4 Å². The van der Waals surface area contributed by atoms with Crippen LogP contribution in [0.5, 0.6) is 0 Å². The van der Waals surface area contributed by atoms with Crippen molar-refractivity contribution in [2.75, 3.05) is 0 Å². The van der Waals surface area contributed by atoms with Crippen molar-refractivity contribution >= 4 is 32.9 Å². The lowest BCUT2D eigenvalue weighted by Gasteiger charge is -2.09. The molecule has 1 aliphatic rings. The van der Waals surface area contributed by atoms with Crippen molar-refractivity contribution < 1.29 is 4.84 Å². The molecule has 0 spiro atoms. The maximum Gasteiger partial charge on any atom is 0.192 e. The summed E-state index contributed by atoms with van der Waals surface area (Å²) < 4.78 is 1.76. The highest BCUT2D eigenvalue weighted by Gasteiger charge is 2.20. The van der Waals surface area contributed by atoms with Gasteiger partial charge < -0.3 is 4.84 Å². The van der Waals surface area contributed by atoms with Crippen LogP contribution in [0.25, 0.3) is 15.9 Å². The van der Waals surface area contributed by atoms with Gasteiger partial charge in [0.15, 0.2) is 18.1 Å². The van der Waals surface area contributed by atoms with Gasteiger partial charge in [-0.1, -0.05) is 35.0 Å². The second kappa shape index (κ2) is 6.98. The van der Waals surface area contributed by atoms with Gasteiger partial charge in [0.1, 0.15) is 11.2 Å². The molecule has 0 atom stereocenters. The van der Waals surface area contributed by atoms with Gasteiger partial charge in [-0.05, 0) is 50.7 Å². The van der Waals surface area contributed by atoms with Gasteiger partial charge in [0.2, 0.25) is 0 Å². The van der Waals surface area contributed by atoms with Crippen molar-refractivity contribution in [2.45, 2.75) is 46.1 Å². The summed E-state index contributed by atoms with van der Waals surface area (Å²) in [5.41, 5.74) is 5.39. The van der Waals surface area contributed by atoms with Crippen LogP contribution in [0.15, 0.2) is 35.7 Å². The lowest BCUT2D eigenvalue weighted by atomic mass is 9.97. The number of thiophene rings is 1. The Kier molecular flexibility index (Phi) is 4.31. The molecule has 28 heavy (non-hydrogen) atoms. The van der Waals surface area contributed by atoms with E-state index >= 15 is 0 Å². The number of oxime groups is 1. The lowest BCUT2D eigenvalue weighted by Crippen LogP contribution is -1.99.